The number of aldehydes is 1. The third-order valence-corrected chi connectivity index (χ3v) is 4.59. The second kappa shape index (κ2) is 6.54. The van der Waals surface area contributed by atoms with Crippen LogP contribution in [0.3, 0.4) is 0 Å². The van der Waals surface area contributed by atoms with Crippen molar-refractivity contribution < 1.29 is 31.1 Å². The Morgan fingerprint density at radius 2 is 1.81 bits per heavy atom. The zero-order valence-electron chi connectivity index (χ0n) is 14.0. The number of carbonyl (C=O) groups excluding carboxylic acids is 1. The van der Waals surface area contributed by atoms with Crippen molar-refractivity contribution >= 4 is 12.0 Å². The minimum absolute atomic E-state index is 0.0508. The summed E-state index contributed by atoms with van der Waals surface area (Å²) < 4.78 is 79.3. The highest BCUT2D eigenvalue weighted by Gasteiger charge is 2.41. The average Bonchev–Trinajstić information content (AvgIpc) is 2.58. The van der Waals surface area contributed by atoms with Crippen molar-refractivity contribution in [1.29, 1.82) is 0 Å². The van der Waals surface area contributed by atoms with Crippen molar-refractivity contribution in [3.63, 3.8) is 0 Å². The minimum Gasteiger partial charge on any atom is -0.353 e. The summed E-state index contributed by atoms with van der Waals surface area (Å²) in [6.45, 7) is 1.62. The summed E-state index contributed by atoms with van der Waals surface area (Å²) in [5.41, 5.74) is -1.73. The first-order chi connectivity index (χ1) is 12.5. The zero-order chi connectivity index (χ0) is 20.0. The normalized spacial score (nSPS) is 20.3. The molecule has 0 radical (unpaired) electrons. The lowest BCUT2D eigenvalue weighted by molar-refractivity contribution is -0.138. The first kappa shape index (κ1) is 19.2. The van der Waals surface area contributed by atoms with Crippen LogP contribution in [-0.2, 0) is 23.6 Å². The van der Waals surface area contributed by atoms with Gasteiger partial charge in [0.1, 0.15) is 12.3 Å². The van der Waals surface area contributed by atoms with E-state index in [2.05, 4.69) is 4.98 Å². The number of aromatic nitrogens is 1. The molecule has 1 aromatic heterocycles. The molecule has 2 atom stereocenters. The van der Waals surface area contributed by atoms with Crippen LogP contribution in [0.2, 0.25) is 0 Å². The number of pyridine rings is 1. The van der Waals surface area contributed by atoms with Crippen LogP contribution in [0.5, 0.6) is 0 Å². The second-order valence-electron chi connectivity index (χ2n) is 6.34. The minimum atomic E-state index is -4.69. The van der Waals surface area contributed by atoms with E-state index >= 15 is 0 Å². The number of anilines is 1. The van der Waals surface area contributed by atoms with Crippen LogP contribution in [0.4, 0.5) is 32.0 Å². The summed E-state index contributed by atoms with van der Waals surface area (Å²) in [5.74, 6) is 0. The third kappa shape index (κ3) is 3.50. The molecule has 0 spiro atoms. The van der Waals surface area contributed by atoms with Crippen LogP contribution in [0.25, 0.3) is 0 Å². The predicted octanol–water partition coefficient (Wildman–Crippen LogP) is 4.81. The molecule has 0 N–H and O–H groups in total. The second-order valence-corrected chi connectivity index (χ2v) is 6.34. The molecule has 0 aliphatic carbocycles. The highest BCUT2D eigenvalue weighted by Crippen LogP contribution is 2.43. The third-order valence-electron chi connectivity index (χ3n) is 4.59. The van der Waals surface area contributed by atoms with Crippen LogP contribution in [-0.4, -0.2) is 17.3 Å². The molecule has 0 saturated heterocycles. The Morgan fingerprint density at radius 1 is 1.11 bits per heavy atom. The van der Waals surface area contributed by atoms with Gasteiger partial charge in [-0.15, -0.1) is 0 Å². The Bertz CT molecular complexity index is 862. The Morgan fingerprint density at radius 3 is 2.41 bits per heavy atom. The molecule has 1 aromatic carbocycles. The fourth-order valence-electron chi connectivity index (χ4n) is 3.43. The summed E-state index contributed by atoms with van der Waals surface area (Å²) in [6, 6.07) is 1.97. The van der Waals surface area contributed by atoms with Gasteiger partial charge in [-0.25, -0.2) is 0 Å². The topological polar surface area (TPSA) is 33.2 Å². The molecule has 2 unspecified atom stereocenters. The fraction of sp³-hybridized carbons (Fsp3) is 0.333. The van der Waals surface area contributed by atoms with Gasteiger partial charge in [0.2, 0.25) is 0 Å². The molecule has 3 nitrogen and oxygen atoms in total. The number of nitrogens with zero attached hydrogens (tertiary/aromatic N) is 2. The molecule has 1 aliphatic rings. The Hall–Kier alpha value is -2.58. The van der Waals surface area contributed by atoms with Crippen molar-refractivity contribution in [2.24, 2.45) is 0 Å². The molecular weight excluding hydrogens is 374 g/mol. The maximum Gasteiger partial charge on any atom is 0.418 e. The molecule has 144 valence electrons. The number of benzene rings is 1. The number of fused-ring (bicyclic) bond motifs is 1. The number of halogens is 6. The molecule has 9 heteroatoms. The molecule has 2 heterocycles. The molecule has 27 heavy (non-hydrogen) atoms. The van der Waals surface area contributed by atoms with Crippen molar-refractivity contribution in [3.05, 3.63) is 58.9 Å². The maximum atomic E-state index is 13.4. The number of hydrogen-bond donors (Lipinski definition) is 0. The van der Waals surface area contributed by atoms with Crippen molar-refractivity contribution in [2.75, 3.05) is 4.90 Å². The predicted molar refractivity (Wildman–Crippen MR) is 85.1 cm³/mol. The van der Waals surface area contributed by atoms with Crippen LogP contribution in [0.15, 0.2) is 36.7 Å². The number of rotatable bonds is 2. The molecule has 0 bridgehead atoms. The number of hydrogen-bond acceptors (Lipinski definition) is 3. The van der Waals surface area contributed by atoms with E-state index in [1.807, 2.05) is 0 Å². The quantitative estimate of drug-likeness (QED) is 0.547. The van der Waals surface area contributed by atoms with Crippen LogP contribution < -0.4 is 4.90 Å². The monoisotopic (exact) mass is 388 g/mol. The van der Waals surface area contributed by atoms with E-state index in [1.54, 1.807) is 6.92 Å². The van der Waals surface area contributed by atoms with Gasteiger partial charge >= 0.3 is 12.4 Å². The van der Waals surface area contributed by atoms with E-state index in [0.29, 0.717) is 11.8 Å². The van der Waals surface area contributed by atoms with Gasteiger partial charge in [-0.2, -0.15) is 26.3 Å². The van der Waals surface area contributed by atoms with Crippen LogP contribution >= 0.6 is 0 Å². The average molecular weight is 388 g/mol. The summed E-state index contributed by atoms with van der Waals surface area (Å²) in [7, 11) is 0. The SMILES string of the molecule is CC1Cc2ccc(C(F)(F)F)cc2C(C=O)N1c1cnccc1C(F)(F)F. The highest BCUT2D eigenvalue weighted by atomic mass is 19.4. The lowest BCUT2D eigenvalue weighted by Crippen LogP contribution is -2.44. The van der Waals surface area contributed by atoms with E-state index in [1.165, 1.54) is 11.0 Å². The van der Waals surface area contributed by atoms with Crippen LogP contribution in [0, 0.1) is 0 Å². The van der Waals surface area contributed by atoms with Crippen LogP contribution in [0.1, 0.15) is 35.2 Å². The maximum absolute atomic E-state index is 13.4. The summed E-state index contributed by atoms with van der Waals surface area (Å²) >= 11 is 0. The molecule has 0 saturated carbocycles. The van der Waals surface area contributed by atoms with E-state index in [0.717, 1.165) is 30.6 Å². The van der Waals surface area contributed by atoms with E-state index in [9.17, 15) is 31.1 Å². The molecule has 0 fully saturated rings. The van der Waals surface area contributed by atoms with Gasteiger partial charge < -0.3 is 9.69 Å². The van der Waals surface area contributed by atoms with Gasteiger partial charge in [-0.05, 0) is 42.7 Å². The Kier molecular flexibility index (Phi) is 4.65. The van der Waals surface area contributed by atoms with Crippen molar-refractivity contribution in [3.8, 4) is 0 Å². The number of carbonyl (C=O) groups is 1. The first-order valence-corrected chi connectivity index (χ1v) is 7.99. The smallest absolute Gasteiger partial charge is 0.353 e. The Labute approximate surface area is 150 Å². The van der Waals surface area contributed by atoms with E-state index in [4.69, 9.17) is 0 Å². The highest BCUT2D eigenvalue weighted by molar-refractivity contribution is 5.73. The van der Waals surface area contributed by atoms with Crippen molar-refractivity contribution in [2.45, 2.75) is 37.8 Å². The molecule has 2 aromatic rings. The molecular formula is C18H14F6N2O. The fourth-order valence-corrected chi connectivity index (χ4v) is 3.43. The summed E-state index contributed by atoms with van der Waals surface area (Å²) in [4.78, 5) is 16.6. The standard InChI is InChI=1S/C18H14F6N2O/c1-10-6-11-2-3-12(17(19,20)21)7-13(11)16(9-27)26(10)15-8-25-5-4-14(15)18(22,23)24/h2-5,7-10,16H,6H2,1H3. The molecule has 0 amide bonds. The van der Waals surface area contributed by atoms with Gasteiger partial charge in [-0.3, -0.25) is 4.98 Å². The van der Waals surface area contributed by atoms with E-state index < -0.39 is 35.6 Å². The van der Waals surface area contributed by atoms with Crippen molar-refractivity contribution in [1.82, 2.24) is 4.98 Å². The van der Waals surface area contributed by atoms with Gasteiger partial charge in [-0.1, -0.05) is 6.07 Å². The molecule has 3 rings (SSSR count). The van der Waals surface area contributed by atoms with E-state index in [-0.39, 0.29) is 17.7 Å². The summed E-state index contributed by atoms with van der Waals surface area (Å²) in [6.07, 6.45) is -6.80. The largest absolute Gasteiger partial charge is 0.418 e. The lowest BCUT2D eigenvalue weighted by Gasteiger charge is -2.42. The van der Waals surface area contributed by atoms with Gasteiger partial charge in [0.05, 0.1) is 23.0 Å². The number of alkyl halides is 6. The summed E-state index contributed by atoms with van der Waals surface area (Å²) in [5, 5.41) is 0. The Balaban J connectivity index is 2.16. The zero-order valence-corrected chi connectivity index (χ0v) is 14.0. The van der Waals surface area contributed by atoms with Gasteiger partial charge in [0.15, 0.2) is 0 Å². The first-order valence-electron chi connectivity index (χ1n) is 7.99. The lowest BCUT2D eigenvalue weighted by atomic mass is 9.87. The van der Waals surface area contributed by atoms with Gasteiger partial charge in [0.25, 0.3) is 0 Å². The van der Waals surface area contributed by atoms with Gasteiger partial charge in [0, 0.05) is 12.2 Å². The molecule has 1 aliphatic heterocycles.